The largest absolute Gasteiger partial charge is 0.265 e. The first-order valence-electron chi connectivity index (χ1n) is 6.90. The minimum atomic E-state index is 0.955. The van der Waals surface area contributed by atoms with Crippen molar-refractivity contribution in [2.45, 2.75) is 13.8 Å². The Morgan fingerprint density at radius 2 is 1.68 bits per heavy atom. The fourth-order valence-corrected chi connectivity index (χ4v) is 3.98. The van der Waals surface area contributed by atoms with E-state index >= 15 is 0 Å². The number of aromatic nitrogens is 2. The molecule has 0 unspecified atom stereocenters. The van der Waals surface area contributed by atoms with Gasteiger partial charge in [-0.2, -0.15) is 0 Å². The van der Waals surface area contributed by atoms with Gasteiger partial charge in [0, 0.05) is 34.2 Å². The molecule has 2 aromatic heterocycles. The molecule has 2 nitrogen and oxygen atoms in total. The van der Waals surface area contributed by atoms with E-state index in [1.165, 1.54) is 11.1 Å². The molecule has 0 atom stereocenters. The Kier molecular flexibility index (Phi) is 4.41. The molecule has 4 heteroatoms. The van der Waals surface area contributed by atoms with Gasteiger partial charge in [-0.15, -0.1) is 0 Å². The molecule has 0 aliphatic rings. The zero-order valence-electron chi connectivity index (χ0n) is 12.3. The second-order valence-corrected chi connectivity index (χ2v) is 6.85. The van der Waals surface area contributed by atoms with E-state index in [9.17, 15) is 0 Å². The van der Waals surface area contributed by atoms with Crippen molar-refractivity contribution in [3.05, 3.63) is 69.0 Å². The maximum Gasteiger partial charge on any atom is 0.0853 e. The molecule has 0 saturated carbocycles. The SMILES string of the molecule is Cc1ccc(C)c(-c2ncc(Br)c(-c3ccncc3)c2Br)c1. The monoisotopic (exact) mass is 416 g/mol. The van der Waals surface area contributed by atoms with Gasteiger partial charge in [0.15, 0.2) is 0 Å². The van der Waals surface area contributed by atoms with Crippen molar-refractivity contribution in [2.24, 2.45) is 0 Å². The molecule has 0 bridgehead atoms. The molecule has 110 valence electrons. The van der Waals surface area contributed by atoms with Crippen LogP contribution in [0.15, 0.2) is 57.9 Å². The summed E-state index contributed by atoms with van der Waals surface area (Å²) in [5, 5.41) is 0. The Morgan fingerprint density at radius 1 is 0.955 bits per heavy atom. The second-order valence-electron chi connectivity index (χ2n) is 5.20. The van der Waals surface area contributed by atoms with Gasteiger partial charge in [-0.05, 0) is 75.0 Å². The zero-order valence-corrected chi connectivity index (χ0v) is 15.4. The number of rotatable bonds is 2. The summed E-state index contributed by atoms with van der Waals surface area (Å²) < 4.78 is 1.95. The molecule has 0 saturated heterocycles. The number of aryl methyl sites for hydroxylation is 2. The Morgan fingerprint density at radius 3 is 2.41 bits per heavy atom. The number of nitrogens with zero attached hydrogens (tertiary/aromatic N) is 2. The molecule has 0 N–H and O–H groups in total. The normalized spacial score (nSPS) is 10.7. The van der Waals surface area contributed by atoms with Gasteiger partial charge in [0.2, 0.25) is 0 Å². The van der Waals surface area contributed by atoms with Crippen LogP contribution in [0.3, 0.4) is 0 Å². The highest BCUT2D eigenvalue weighted by Gasteiger charge is 2.16. The quantitative estimate of drug-likeness (QED) is 0.514. The molecule has 0 aliphatic carbocycles. The van der Waals surface area contributed by atoms with Gasteiger partial charge in [0.05, 0.1) is 10.2 Å². The van der Waals surface area contributed by atoms with Crippen molar-refractivity contribution in [1.29, 1.82) is 0 Å². The van der Waals surface area contributed by atoms with Crippen LogP contribution in [-0.4, -0.2) is 9.97 Å². The van der Waals surface area contributed by atoms with Crippen LogP contribution < -0.4 is 0 Å². The Labute approximate surface area is 146 Å². The third kappa shape index (κ3) is 2.85. The zero-order chi connectivity index (χ0) is 15.7. The summed E-state index contributed by atoms with van der Waals surface area (Å²) in [6.45, 7) is 4.20. The highest BCUT2D eigenvalue weighted by molar-refractivity contribution is 9.11. The minimum absolute atomic E-state index is 0.955. The van der Waals surface area contributed by atoms with Crippen molar-refractivity contribution in [2.75, 3.05) is 0 Å². The first kappa shape index (κ1) is 15.4. The van der Waals surface area contributed by atoms with E-state index in [0.29, 0.717) is 0 Å². The summed E-state index contributed by atoms with van der Waals surface area (Å²) in [7, 11) is 0. The summed E-state index contributed by atoms with van der Waals surface area (Å²) in [4.78, 5) is 8.72. The lowest BCUT2D eigenvalue weighted by atomic mass is 9.99. The van der Waals surface area contributed by atoms with Crippen molar-refractivity contribution < 1.29 is 0 Å². The van der Waals surface area contributed by atoms with Crippen LogP contribution in [0.2, 0.25) is 0 Å². The van der Waals surface area contributed by atoms with Crippen LogP contribution >= 0.6 is 31.9 Å². The predicted molar refractivity (Wildman–Crippen MR) is 97.8 cm³/mol. The first-order valence-corrected chi connectivity index (χ1v) is 8.48. The van der Waals surface area contributed by atoms with Crippen molar-refractivity contribution in [1.82, 2.24) is 9.97 Å². The third-order valence-electron chi connectivity index (χ3n) is 3.59. The highest BCUT2D eigenvalue weighted by atomic mass is 79.9. The van der Waals surface area contributed by atoms with Crippen molar-refractivity contribution in [3.8, 4) is 22.4 Å². The third-order valence-corrected chi connectivity index (χ3v) is 4.96. The molecule has 0 amide bonds. The standard InChI is InChI=1S/C18H14Br2N2/c1-11-3-4-12(2)14(9-11)18-17(20)16(15(19)10-22-18)13-5-7-21-8-6-13/h3-10H,1-2H3. The first-order chi connectivity index (χ1) is 10.6. The fourth-order valence-electron chi connectivity index (χ4n) is 2.43. The van der Waals surface area contributed by atoms with Crippen LogP contribution in [0.25, 0.3) is 22.4 Å². The van der Waals surface area contributed by atoms with E-state index in [-0.39, 0.29) is 0 Å². The molecular weight excluding hydrogens is 404 g/mol. The lowest BCUT2D eigenvalue weighted by molar-refractivity contribution is 1.26. The summed E-state index contributed by atoms with van der Waals surface area (Å²) in [6, 6.07) is 10.4. The van der Waals surface area contributed by atoms with Crippen LogP contribution in [-0.2, 0) is 0 Å². The molecule has 0 spiro atoms. The Balaban J connectivity index is 2.26. The summed E-state index contributed by atoms with van der Waals surface area (Å²) in [6.07, 6.45) is 5.45. The van der Waals surface area contributed by atoms with Crippen LogP contribution in [0.4, 0.5) is 0 Å². The lowest BCUT2D eigenvalue weighted by Crippen LogP contribution is -1.93. The number of halogens is 2. The molecule has 0 fully saturated rings. The molecule has 22 heavy (non-hydrogen) atoms. The second kappa shape index (κ2) is 6.31. The maximum absolute atomic E-state index is 4.63. The maximum atomic E-state index is 4.63. The van der Waals surface area contributed by atoms with Gasteiger partial charge in [-0.1, -0.05) is 17.7 Å². The number of hydrogen-bond acceptors (Lipinski definition) is 2. The molecule has 3 rings (SSSR count). The van der Waals surface area contributed by atoms with Gasteiger partial charge in [0.25, 0.3) is 0 Å². The molecule has 3 aromatic rings. The van der Waals surface area contributed by atoms with Crippen molar-refractivity contribution >= 4 is 31.9 Å². The van der Waals surface area contributed by atoms with E-state index < -0.39 is 0 Å². The topological polar surface area (TPSA) is 25.8 Å². The molecular formula is C18H14Br2N2. The molecule has 0 radical (unpaired) electrons. The summed E-state index contributed by atoms with van der Waals surface area (Å²) in [5.74, 6) is 0. The fraction of sp³-hybridized carbons (Fsp3) is 0.111. The van der Waals surface area contributed by atoms with E-state index in [0.717, 1.165) is 31.3 Å². The van der Waals surface area contributed by atoms with Gasteiger partial charge in [0.1, 0.15) is 0 Å². The lowest BCUT2D eigenvalue weighted by Gasteiger charge is -2.14. The molecule has 0 aliphatic heterocycles. The Hall–Kier alpha value is -1.52. The summed E-state index contributed by atoms with van der Waals surface area (Å²) in [5.41, 5.74) is 6.73. The number of benzene rings is 1. The minimum Gasteiger partial charge on any atom is -0.265 e. The molecule has 2 heterocycles. The van der Waals surface area contributed by atoms with Crippen LogP contribution in [0.1, 0.15) is 11.1 Å². The number of pyridine rings is 2. The van der Waals surface area contributed by atoms with Crippen LogP contribution in [0.5, 0.6) is 0 Å². The van der Waals surface area contributed by atoms with E-state index in [2.05, 4.69) is 73.9 Å². The van der Waals surface area contributed by atoms with Gasteiger partial charge < -0.3 is 0 Å². The van der Waals surface area contributed by atoms with E-state index in [1.807, 2.05) is 18.3 Å². The van der Waals surface area contributed by atoms with Gasteiger partial charge >= 0.3 is 0 Å². The summed E-state index contributed by atoms with van der Waals surface area (Å²) >= 11 is 7.36. The average Bonchev–Trinajstić information content (AvgIpc) is 2.51. The smallest absolute Gasteiger partial charge is 0.0853 e. The highest BCUT2D eigenvalue weighted by Crippen LogP contribution is 2.40. The Bertz CT molecular complexity index is 830. The van der Waals surface area contributed by atoms with Crippen molar-refractivity contribution in [3.63, 3.8) is 0 Å². The average molecular weight is 418 g/mol. The van der Waals surface area contributed by atoms with Gasteiger partial charge in [-0.25, -0.2) is 0 Å². The van der Waals surface area contributed by atoms with Gasteiger partial charge in [-0.3, -0.25) is 9.97 Å². The van der Waals surface area contributed by atoms with Crippen LogP contribution in [0, 0.1) is 13.8 Å². The molecule has 1 aromatic carbocycles. The van der Waals surface area contributed by atoms with E-state index in [1.54, 1.807) is 12.4 Å². The predicted octanol–water partition coefficient (Wildman–Crippen LogP) is 5.95. The number of hydrogen-bond donors (Lipinski definition) is 0. The van der Waals surface area contributed by atoms with E-state index in [4.69, 9.17) is 0 Å².